The lowest BCUT2D eigenvalue weighted by Crippen LogP contribution is -2.43. The minimum Gasteiger partial charge on any atom is -0.489 e. The van der Waals surface area contributed by atoms with Crippen molar-refractivity contribution in [2.45, 2.75) is 32.7 Å². The number of nitrogen functional groups attached to an aromatic ring is 1. The highest BCUT2D eigenvalue weighted by Crippen LogP contribution is 2.36. The average Bonchev–Trinajstić information content (AvgIpc) is 2.29. The number of ether oxygens (including phenoxy) is 1. The van der Waals surface area contributed by atoms with Crippen LogP contribution in [-0.4, -0.2) is 19.2 Å². The zero-order valence-electron chi connectivity index (χ0n) is 10.1. The molecule has 0 saturated heterocycles. The Morgan fingerprint density at radius 2 is 2.25 bits per heavy atom. The summed E-state index contributed by atoms with van der Waals surface area (Å²) in [6.45, 7) is 6.27. The van der Waals surface area contributed by atoms with Crippen LogP contribution in [0.4, 0.5) is 11.4 Å². The fourth-order valence-corrected chi connectivity index (χ4v) is 2.24. The summed E-state index contributed by atoms with van der Waals surface area (Å²) < 4.78 is 5.76. The van der Waals surface area contributed by atoms with Crippen LogP contribution < -0.4 is 15.4 Å². The highest BCUT2D eigenvalue weighted by Gasteiger charge is 2.25. The lowest BCUT2D eigenvalue weighted by molar-refractivity contribution is 0.258. The van der Waals surface area contributed by atoms with Crippen molar-refractivity contribution >= 4 is 11.4 Å². The van der Waals surface area contributed by atoms with Crippen LogP contribution in [-0.2, 0) is 0 Å². The smallest absolute Gasteiger partial charge is 0.144 e. The molecule has 1 atom stereocenters. The normalized spacial score (nSPS) is 19.1. The van der Waals surface area contributed by atoms with Gasteiger partial charge in [0.25, 0.3) is 0 Å². The topological polar surface area (TPSA) is 38.5 Å². The van der Waals surface area contributed by atoms with Crippen LogP contribution in [0.15, 0.2) is 18.2 Å². The molecule has 0 aliphatic carbocycles. The zero-order chi connectivity index (χ0) is 11.5. The molecule has 16 heavy (non-hydrogen) atoms. The first kappa shape index (κ1) is 11.1. The van der Waals surface area contributed by atoms with E-state index in [0.29, 0.717) is 6.04 Å². The van der Waals surface area contributed by atoms with Crippen molar-refractivity contribution in [1.82, 2.24) is 0 Å². The van der Waals surface area contributed by atoms with Gasteiger partial charge in [-0.1, -0.05) is 13.8 Å². The predicted octanol–water partition coefficient (Wildman–Crippen LogP) is 2.66. The van der Waals surface area contributed by atoms with E-state index in [1.165, 1.54) is 5.69 Å². The second-order valence-electron chi connectivity index (χ2n) is 4.29. The van der Waals surface area contributed by atoms with Crippen LogP contribution in [0.2, 0.25) is 0 Å². The highest BCUT2D eigenvalue weighted by molar-refractivity contribution is 5.65. The quantitative estimate of drug-likeness (QED) is 0.796. The molecule has 0 amide bonds. The van der Waals surface area contributed by atoms with Crippen LogP contribution >= 0.6 is 0 Å². The number of fused-ring (bicyclic) bond motifs is 1. The van der Waals surface area contributed by atoms with E-state index in [-0.39, 0.29) is 0 Å². The summed E-state index contributed by atoms with van der Waals surface area (Å²) in [6.07, 6.45) is 2.27. The molecule has 0 bridgehead atoms. The van der Waals surface area contributed by atoms with Crippen molar-refractivity contribution < 1.29 is 4.74 Å². The Hall–Kier alpha value is -1.38. The maximum absolute atomic E-state index is 5.77. The van der Waals surface area contributed by atoms with Crippen LogP contribution in [0.1, 0.15) is 26.7 Å². The Balaban J connectivity index is 2.33. The van der Waals surface area contributed by atoms with Crippen molar-refractivity contribution in [3.63, 3.8) is 0 Å². The van der Waals surface area contributed by atoms with Gasteiger partial charge in [-0.25, -0.2) is 0 Å². The van der Waals surface area contributed by atoms with Gasteiger partial charge >= 0.3 is 0 Å². The van der Waals surface area contributed by atoms with Gasteiger partial charge in [-0.2, -0.15) is 0 Å². The molecular weight excluding hydrogens is 200 g/mol. The molecule has 88 valence electrons. The van der Waals surface area contributed by atoms with E-state index in [1.807, 2.05) is 12.1 Å². The third kappa shape index (κ3) is 1.94. The first-order chi connectivity index (χ1) is 7.76. The number of nitrogens with zero attached hydrogens (tertiary/aromatic N) is 1. The summed E-state index contributed by atoms with van der Waals surface area (Å²) in [4.78, 5) is 2.44. The molecule has 1 heterocycles. The summed E-state index contributed by atoms with van der Waals surface area (Å²) in [7, 11) is 0. The lowest BCUT2D eigenvalue weighted by Gasteiger charge is -2.38. The minimum absolute atomic E-state index is 0.496. The Kier molecular flexibility index (Phi) is 3.22. The second kappa shape index (κ2) is 4.64. The predicted molar refractivity (Wildman–Crippen MR) is 68.1 cm³/mol. The highest BCUT2D eigenvalue weighted by atomic mass is 16.5. The summed E-state index contributed by atoms with van der Waals surface area (Å²) in [5.74, 6) is 0.929. The van der Waals surface area contributed by atoms with Gasteiger partial charge in [0, 0.05) is 18.3 Å². The molecule has 1 unspecified atom stereocenters. The number of anilines is 2. The molecule has 3 heteroatoms. The van der Waals surface area contributed by atoms with Crippen molar-refractivity contribution in [3.05, 3.63) is 18.2 Å². The van der Waals surface area contributed by atoms with E-state index in [4.69, 9.17) is 10.5 Å². The van der Waals surface area contributed by atoms with Gasteiger partial charge in [0.15, 0.2) is 0 Å². The largest absolute Gasteiger partial charge is 0.489 e. The van der Waals surface area contributed by atoms with Gasteiger partial charge in [0.2, 0.25) is 0 Å². The first-order valence-electron chi connectivity index (χ1n) is 6.05. The molecule has 0 radical (unpaired) electrons. The van der Waals surface area contributed by atoms with E-state index in [1.54, 1.807) is 0 Å². The van der Waals surface area contributed by atoms with Crippen molar-refractivity contribution in [2.75, 3.05) is 23.8 Å². The fourth-order valence-electron chi connectivity index (χ4n) is 2.24. The third-order valence-electron chi connectivity index (χ3n) is 3.10. The van der Waals surface area contributed by atoms with Gasteiger partial charge in [-0.05, 0) is 25.0 Å². The molecule has 0 spiro atoms. The zero-order valence-corrected chi connectivity index (χ0v) is 10.1. The van der Waals surface area contributed by atoms with Gasteiger partial charge in [0.05, 0.1) is 11.7 Å². The van der Waals surface area contributed by atoms with Gasteiger partial charge in [0.1, 0.15) is 12.4 Å². The van der Waals surface area contributed by atoms with E-state index in [2.05, 4.69) is 24.8 Å². The standard InChI is InChI=1S/C13H20N2O/c1-3-7-15-11(4-2)9-16-13-8-10(14)5-6-12(13)15/h5-6,8,11H,3-4,7,9,14H2,1-2H3. The van der Waals surface area contributed by atoms with Crippen LogP contribution in [0, 0.1) is 0 Å². The average molecular weight is 220 g/mol. The van der Waals surface area contributed by atoms with E-state index in [0.717, 1.165) is 37.4 Å². The molecule has 0 fully saturated rings. The van der Waals surface area contributed by atoms with Gasteiger partial charge in [-0.15, -0.1) is 0 Å². The molecule has 0 saturated carbocycles. The lowest BCUT2D eigenvalue weighted by atomic mass is 10.1. The molecule has 2 rings (SSSR count). The van der Waals surface area contributed by atoms with Crippen molar-refractivity contribution in [3.8, 4) is 5.75 Å². The molecule has 1 aromatic carbocycles. The Bertz CT molecular complexity index is 365. The monoisotopic (exact) mass is 220 g/mol. The Morgan fingerprint density at radius 1 is 1.44 bits per heavy atom. The Labute approximate surface area is 97.2 Å². The maximum atomic E-state index is 5.77. The Morgan fingerprint density at radius 3 is 2.94 bits per heavy atom. The van der Waals surface area contributed by atoms with E-state index >= 15 is 0 Å². The molecule has 1 aliphatic heterocycles. The maximum Gasteiger partial charge on any atom is 0.144 e. The SMILES string of the molecule is CCCN1c2ccc(N)cc2OCC1CC. The molecule has 3 nitrogen and oxygen atoms in total. The van der Waals surface area contributed by atoms with Gasteiger partial charge in [-0.3, -0.25) is 0 Å². The summed E-state index contributed by atoms with van der Waals surface area (Å²) in [5.41, 5.74) is 7.73. The number of nitrogens with two attached hydrogens (primary N) is 1. The first-order valence-corrected chi connectivity index (χ1v) is 6.05. The summed E-state index contributed by atoms with van der Waals surface area (Å²) >= 11 is 0. The third-order valence-corrected chi connectivity index (χ3v) is 3.10. The number of benzene rings is 1. The fraction of sp³-hybridized carbons (Fsp3) is 0.538. The molecule has 0 aromatic heterocycles. The van der Waals surface area contributed by atoms with Crippen molar-refractivity contribution in [2.24, 2.45) is 0 Å². The van der Waals surface area contributed by atoms with Crippen LogP contribution in [0.5, 0.6) is 5.75 Å². The minimum atomic E-state index is 0.496. The van der Waals surface area contributed by atoms with E-state index in [9.17, 15) is 0 Å². The molecule has 1 aromatic rings. The second-order valence-corrected chi connectivity index (χ2v) is 4.29. The van der Waals surface area contributed by atoms with E-state index < -0.39 is 0 Å². The molecule has 1 aliphatic rings. The number of hydrogen-bond acceptors (Lipinski definition) is 3. The molecule has 2 N–H and O–H groups in total. The van der Waals surface area contributed by atoms with Crippen LogP contribution in [0.3, 0.4) is 0 Å². The van der Waals surface area contributed by atoms with Crippen molar-refractivity contribution in [1.29, 1.82) is 0 Å². The summed E-state index contributed by atoms with van der Waals surface area (Å²) in [5, 5.41) is 0. The molecular formula is C13H20N2O. The van der Waals surface area contributed by atoms with Crippen LogP contribution in [0.25, 0.3) is 0 Å². The number of rotatable bonds is 3. The van der Waals surface area contributed by atoms with Gasteiger partial charge < -0.3 is 15.4 Å². The number of hydrogen-bond donors (Lipinski definition) is 1. The summed E-state index contributed by atoms with van der Waals surface area (Å²) in [6, 6.07) is 6.44.